The Morgan fingerprint density at radius 1 is 1.28 bits per heavy atom. The molecule has 2 aliphatic rings. The average Bonchev–Trinajstić information content (AvgIpc) is 2.94. The van der Waals surface area contributed by atoms with E-state index >= 15 is 0 Å². The van der Waals surface area contributed by atoms with Crippen molar-refractivity contribution >= 4 is 11.6 Å². The molecule has 3 heterocycles. The molecule has 0 radical (unpaired) electrons. The van der Waals surface area contributed by atoms with E-state index in [4.69, 9.17) is 4.98 Å². The van der Waals surface area contributed by atoms with E-state index in [2.05, 4.69) is 37.1 Å². The van der Waals surface area contributed by atoms with E-state index in [-0.39, 0.29) is 17.1 Å². The van der Waals surface area contributed by atoms with E-state index in [1.54, 1.807) is 12.1 Å². The van der Waals surface area contributed by atoms with Crippen LogP contribution in [-0.2, 0) is 16.6 Å². The molecule has 6 heteroatoms. The van der Waals surface area contributed by atoms with Crippen molar-refractivity contribution in [2.45, 2.75) is 38.6 Å². The van der Waals surface area contributed by atoms with Crippen molar-refractivity contribution in [3.8, 4) is 0 Å². The van der Waals surface area contributed by atoms with Gasteiger partial charge in [-0.25, -0.2) is 4.39 Å². The number of anilines is 1. The minimum Gasteiger partial charge on any atom is -0.312 e. The number of piperazine rings is 1. The van der Waals surface area contributed by atoms with Crippen molar-refractivity contribution in [1.82, 2.24) is 15.2 Å². The summed E-state index contributed by atoms with van der Waals surface area (Å²) in [5, 5.41) is 3.42. The fourth-order valence-electron chi connectivity index (χ4n) is 4.37. The van der Waals surface area contributed by atoms with Gasteiger partial charge in [-0.05, 0) is 42.7 Å². The topological polar surface area (TPSA) is 48.5 Å². The smallest absolute Gasteiger partial charge is 0.241 e. The molecule has 1 N–H and O–H groups in total. The zero-order valence-electron chi connectivity index (χ0n) is 17.4. The summed E-state index contributed by atoms with van der Waals surface area (Å²) >= 11 is 0. The predicted molar refractivity (Wildman–Crippen MR) is 113 cm³/mol. The Labute approximate surface area is 171 Å². The number of fused-ring (bicyclic) bond motifs is 1. The Bertz CT molecular complexity index is 896. The number of rotatable bonds is 4. The summed E-state index contributed by atoms with van der Waals surface area (Å²) in [7, 11) is 0. The van der Waals surface area contributed by atoms with E-state index in [1.165, 1.54) is 12.1 Å². The van der Waals surface area contributed by atoms with Gasteiger partial charge in [0, 0.05) is 43.8 Å². The first kappa shape index (κ1) is 20.0. The summed E-state index contributed by atoms with van der Waals surface area (Å²) in [5.41, 5.74) is 3.78. The van der Waals surface area contributed by atoms with Crippen LogP contribution in [0.3, 0.4) is 0 Å². The molecule has 0 bridgehead atoms. The standard InChI is InChI=1S/C23H29FN4O/c1-16-13-27(9-8-25-16)14-21(29)28-15-23(2,3)22-20(28)11-18(12-26-22)10-17-4-6-19(24)7-5-17/h4-7,11-12,16,25H,8-10,13-15H2,1-3H3. The van der Waals surface area contributed by atoms with Crippen molar-refractivity contribution in [3.05, 3.63) is 59.2 Å². The van der Waals surface area contributed by atoms with Crippen LogP contribution in [-0.4, -0.2) is 54.6 Å². The second-order valence-corrected chi connectivity index (χ2v) is 8.97. The predicted octanol–water partition coefficient (Wildman–Crippen LogP) is 2.73. The van der Waals surface area contributed by atoms with Crippen molar-refractivity contribution in [2.75, 3.05) is 37.6 Å². The third-order valence-corrected chi connectivity index (χ3v) is 5.84. The molecule has 1 amide bonds. The molecule has 1 aromatic heterocycles. The van der Waals surface area contributed by atoms with Gasteiger partial charge in [0.15, 0.2) is 0 Å². The van der Waals surface area contributed by atoms with E-state index in [0.717, 1.165) is 42.1 Å². The van der Waals surface area contributed by atoms with Crippen LogP contribution in [0.4, 0.5) is 10.1 Å². The Morgan fingerprint density at radius 2 is 2.03 bits per heavy atom. The third kappa shape index (κ3) is 4.33. The summed E-state index contributed by atoms with van der Waals surface area (Å²) in [4.78, 5) is 22.0. The highest BCUT2D eigenvalue weighted by Gasteiger charge is 2.39. The Hall–Kier alpha value is -2.31. The van der Waals surface area contributed by atoms with Crippen LogP contribution in [0.15, 0.2) is 36.5 Å². The highest BCUT2D eigenvalue weighted by atomic mass is 19.1. The van der Waals surface area contributed by atoms with E-state index in [1.807, 2.05) is 11.1 Å². The Morgan fingerprint density at radius 3 is 2.76 bits per heavy atom. The van der Waals surface area contributed by atoms with Crippen LogP contribution in [0, 0.1) is 5.82 Å². The molecule has 1 atom stereocenters. The maximum atomic E-state index is 13.2. The van der Waals surface area contributed by atoms with Gasteiger partial charge in [0.25, 0.3) is 0 Å². The van der Waals surface area contributed by atoms with Gasteiger partial charge in [-0.3, -0.25) is 14.7 Å². The highest BCUT2D eigenvalue weighted by molar-refractivity contribution is 5.97. The van der Waals surface area contributed by atoms with Crippen molar-refractivity contribution in [1.29, 1.82) is 0 Å². The number of carbonyl (C=O) groups is 1. The first-order chi connectivity index (χ1) is 13.8. The fourth-order valence-corrected chi connectivity index (χ4v) is 4.37. The zero-order valence-corrected chi connectivity index (χ0v) is 17.4. The van der Waals surface area contributed by atoms with E-state index < -0.39 is 0 Å². The number of halogens is 1. The monoisotopic (exact) mass is 396 g/mol. The Balaban J connectivity index is 1.55. The van der Waals surface area contributed by atoms with Gasteiger partial charge in [0.2, 0.25) is 5.91 Å². The molecular weight excluding hydrogens is 367 g/mol. The first-order valence-corrected chi connectivity index (χ1v) is 10.3. The molecule has 154 valence electrons. The number of nitrogens with one attached hydrogen (secondary N) is 1. The normalized spacial score (nSPS) is 21.2. The number of benzene rings is 1. The lowest BCUT2D eigenvalue weighted by molar-refractivity contribution is -0.120. The quantitative estimate of drug-likeness (QED) is 0.863. The number of nitrogens with zero attached hydrogens (tertiary/aromatic N) is 3. The van der Waals surface area contributed by atoms with Gasteiger partial charge in [0.1, 0.15) is 5.82 Å². The summed E-state index contributed by atoms with van der Waals surface area (Å²) in [6.45, 7) is 10.2. The van der Waals surface area contributed by atoms with Gasteiger partial charge >= 0.3 is 0 Å². The lowest BCUT2D eigenvalue weighted by Gasteiger charge is -2.32. The Kier molecular flexibility index (Phi) is 5.40. The summed E-state index contributed by atoms with van der Waals surface area (Å²) < 4.78 is 13.2. The molecule has 0 spiro atoms. The molecule has 1 fully saturated rings. The molecule has 4 rings (SSSR count). The van der Waals surface area contributed by atoms with Crippen LogP contribution in [0.2, 0.25) is 0 Å². The maximum absolute atomic E-state index is 13.2. The maximum Gasteiger partial charge on any atom is 0.241 e. The highest BCUT2D eigenvalue weighted by Crippen LogP contribution is 2.39. The van der Waals surface area contributed by atoms with Gasteiger partial charge in [0.05, 0.1) is 17.9 Å². The van der Waals surface area contributed by atoms with Crippen LogP contribution < -0.4 is 10.2 Å². The van der Waals surface area contributed by atoms with Crippen molar-refractivity contribution < 1.29 is 9.18 Å². The first-order valence-electron chi connectivity index (χ1n) is 10.3. The summed E-state index contributed by atoms with van der Waals surface area (Å²) in [6, 6.07) is 9.02. The molecule has 5 nitrogen and oxygen atoms in total. The van der Waals surface area contributed by atoms with Gasteiger partial charge in [-0.2, -0.15) is 0 Å². The number of pyridine rings is 1. The number of hydrogen-bond donors (Lipinski definition) is 1. The minimum atomic E-state index is -0.235. The molecule has 2 aromatic rings. The second-order valence-electron chi connectivity index (χ2n) is 8.97. The van der Waals surface area contributed by atoms with Crippen LogP contribution in [0.5, 0.6) is 0 Å². The molecular formula is C23H29FN4O. The van der Waals surface area contributed by atoms with Crippen LogP contribution in [0.25, 0.3) is 0 Å². The van der Waals surface area contributed by atoms with E-state index in [9.17, 15) is 9.18 Å². The molecule has 1 saturated heterocycles. The second kappa shape index (κ2) is 7.84. The number of carbonyl (C=O) groups excluding carboxylic acids is 1. The molecule has 0 saturated carbocycles. The van der Waals surface area contributed by atoms with E-state index in [0.29, 0.717) is 25.6 Å². The number of amides is 1. The lowest BCUT2D eigenvalue weighted by atomic mass is 9.91. The SMILES string of the molecule is CC1CN(CC(=O)N2CC(C)(C)c3ncc(Cc4ccc(F)cc4)cc32)CCN1. The molecule has 1 unspecified atom stereocenters. The van der Waals surface area contributed by atoms with Crippen molar-refractivity contribution in [3.63, 3.8) is 0 Å². The fraction of sp³-hybridized carbons (Fsp3) is 0.478. The molecule has 2 aliphatic heterocycles. The zero-order chi connectivity index (χ0) is 20.6. The van der Waals surface area contributed by atoms with Gasteiger partial charge in [-0.1, -0.05) is 26.0 Å². The van der Waals surface area contributed by atoms with Crippen molar-refractivity contribution in [2.24, 2.45) is 0 Å². The molecule has 0 aliphatic carbocycles. The van der Waals surface area contributed by atoms with Crippen LogP contribution in [0.1, 0.15) is 37.6 Å². The number of aromatic nitrogens is 1. The summed E-state index contributed by atoms with van der Waals surface area (Å²) in [6.07, 6.45) is 2.55. The molecule has 29 heavy (non-hydrogen) atoms. The minimum absolute atomic E-state index is 0.131. The average molecular weight is 397 g/mol. The lowest BCUT2D eigenvalue weighted by Crippen LogP contribution is -2.52. The van der Waals surface area contributed by atoms with Gasteiger partial charge < -0.3 is 10.2 Å². The third-order valence-electron chi connectivity index (χ3n) is 5.84. The largest absolute Gasteiger partial charge is 0.312 e. The van der Waals surface area contributed by atoms with Crippen LogP contribution >= 0.6 is 0 Å². The molecule has 1 aromatic carbocycles. The summed E-state index contributed by atoms with van der Waals surface area (Å²) in [5.74, 6) is -0.103. The number of hydrogen-bond acceptors (Lipinski definition) is 4. The van der Waals surface area contributed by atoms with Gasteiger partial charge in [-0.15, -0.1) is 0 Å².